The summed E-state index contributed by atoms with van der Waals surface area (Å²) in [5, 5.41) is 7.02. The molecule has 0 saturated heterocycles. The summed E-state index contributed by atoms with van der Waals surface area (Å²) >= 11 is 0. The zero-order chi connectivity index (χ0) is 13.8. The number of nitrogens with two attached hydrogens (primary N) is 1. The Hall–Kier alpha value is -1.64. The maximum atomic E-state index is 11.6. The third-order valence-corrected chi connectivity index (χ3v) is 4.03. The lowest BCUT2D eigenvalue weighted by Gasteiger charge is -2.03. The Kier molecular flexibility index (Phi) is 4.65. The molecule has 0 aliphatic rings. The fraction of sp³-hybridized carbons (Fsp3) is 0.667. The molecule has 0 atom stereocenters. The summed E-state index contributed by atoms with van der Waals surface area (Å²) in [7, 11) is -2.16. The van der Waals surface area contributed by atoms with Gasteiger partial charge in [0.1, 0.15) is 0 Å². The first-order chi connectivity index (χ1) is 8.42. The van der Waals surface area contributed by atoms with Crippen LogP contribution in [-0.2, 0) is 25.9 Å². The van der Waals surface area contributed by atoms with Gasteiger partial charge < -0.3 is 10.5 Å². The van der Waals surface area contributed by atoms with Crippen LogP contribution in [0.15, 0.2) is 5.03 Å². The Labute approximate surface area is 105 Å². The molecule has 0 aliphatic heterocycles. The van der Waals surface area contributed by atoms with Gasteiger partial charge in [-0.1, -0.05) is 12.1 Å². The number of anilines is 1. The molecule has 0 fully saturated rings. The molecule has 8 nitrogen and oxygen atoms in total. The van der Waals surface area contributed by atoms with Gasteiger partial charge in [0.05, 0.1) is 12.9 Å². The number of nitrogen functional groups attached to an aromatic ring is 1. The molecule has 0 amide bonds. The van der Waals surface area contributed by atoms with Gasteiger partial charge in [-0.3, -0.25) is 4.79 Å². The summed E-state index contributed by atoms with van der Waals surface area (Å²) < 4.78 is 28.9. The molecular formula is C9H16N4O4S. The molecule has 0 spiro atoms. The van der Waals surface area contributed by atoms with Crippen LogP contribution in [0.5, 0.6) is 0 Å². The van der Waals surface area contributed by atoms with Crippen molar-refractivity contribution in [1.29, 1.82) is 0 Å². The second-order valence-corrected chi connectivity index (χ2v) is 5.78. The number of sulfone groups is 1. The highest BCUT2D eigenvalue weighted by Crippen LogP contribution is 2.16. The summed E-state index contributed by atoms with van der Waals surface area (Å²) in [6.07, 6.45) is 0.664. The predicted octanol–water partition coefficient (Wildman–Crippen LogP) is -0.393. The van der Waals surface area contributed by atoms with Crippen molar-refractivity contribution in [2.75, 3.05) is 18.6 Å². The Morgan fingerprint density at radius 2 is 2.17 bits per heavy atom. The SMILES string of the molecule is CCS(=O)(=O)c1nnn(CCCC(=O)OC)c1N. The van der Waals surface area contributed by atoms with Crippen LogP contribution in [0.3, 0.4) is 0 Å². The molecule has 2 N–H and O–H groups in total. The van der Waals surface area contributed by atoms with E-state index >= 15 is 0 Å². The summed E-state index contributed by atoms with van der Waals surface area (Å²) in [5.74, 6) is -0.422. The highest BCUT2D eigenvalue weighted by molar-refractivity contribution is 7.91. The van der Waals surface area contributed by atoms with E-state index in [-0.39, 0.29) is 29.0 Å². The molecule has 0 bridgehead atoms. The molecule has 1 rings (SSSR count). The van der Waals surface area contributed by atoms with Crippen LogP contribution in [0.1, 0.15) is 19.8 Å². The van der Waals surface area contributed by atoms with Gasteiger partial charge in [0.15, 0.2) is 5.82 Å². The van der Waals surface area contributed by atoms with Gasteiger partial charge in [0, 0.05) is 13.0 Å². The first kappa shape index (κ1) is 14.4. The average molecular weight is 276 g/mol. The van der Waals surface area contributed by atoms with Crippen molar-refractivity contribution < 1.29 is 17.9 Å². The highest BCUT2D eigenvalue weighted by Gasteiger charge is 2.21. The number of carbonyl (C=O) groups is 1. The topological polar surface area (TPSA) is 117 Å². The van der Waals surface area contributed by atoms with E-state index in [1.807, 2.05) is 0 Å². The number of aromatic nitrogens is 3. The fourth-order valence-corrected chi connectivity index (χ4v) is 2.16. The van der Waals surface area contributed by atoms with E-state index in [1.54, 1.807) is 0 Å². The van der Waals surface area contributed by atoms with E-state index < -0.39 is 9.84 Å². The van der Waals surface area contributed by atoms with E-state index in [2.05, 4.69) is 15.0 Å². The van der Waals surface area contributed by atoms with Gasteiger partial charge in [0.2, 0.25) is 14.9 Å². The van der Waals surface area contributed by atoms with Crippen LogP contribution in [0.25, 0.3) is 0 Å². The van der Waals surface area contributed by atoms with Crippen molar-refractivity contribution in [3.8, 4) is 0 Å². The van der Waals surface area contributed by atoms with Gasteiger partial charge in [0.25, 0.3) is 0 Å². The number of methoxy groups -OCH3 is 1. The molecule has 0 aromatic carbocycles. The smallest absolute Gasteiger partial charge is 0.305 e. The lowest BCUT2D eigenvalue weighted by molar-refractivity contribution is -0.140. The first-order valence-electron chi connectivity index (χ1n) is 5.41. The zero-order valence-electron chi connectivity index (χ0n) is 10.3. The van der Waals surface area contributed by atoms with Gasteiger partial charge >= 0.3 is 5.97 Å². The average Bonchev–Trinajstić information content (AvgIpc) is 2.71. The zero-order valence-corrected chi connectivity index (χ0v) is 11.1. The van der Waals surface area contributed by atoms with Gasteiger partial charge in [-0.05, 0) is 6.42 Å². The Morgan fingerprint density at radius 3 is 2.72 bits per heavy atom. The standard InChI is InChI=1S/C9H16N4O4S/c1-3-18(15,16)9-8(10)13(12-11-9)6-4-5-7(14)17-2/h3-6,10H2,1-2H3. The minimum atomic E-state index is -3.47. The number of ether oxygens (including phenoxy) is 1. The molecule has 0 radical (unpaired) electrons. The normalized spacial score (nSPS) is 11.4. The maximum Gasteiger partial charge on any atom is 0.305 e. The number of aryl methyl sites for hydroxylation is 1. The van der Waals surface area contributed by atoms with Crippen LogP contribution < -0.4 is 5.73 Å². The summed E-state index contributed by atoms with van der Waals surface area (Å²) in [5.41, 5.74) is 5.66. The van der Waals surface area contributed by atoms with Gasteiger partial charge in [-0.15, -0.1) is 5.10 Å². The molecule has 1 aromatic heterocycles. The molecule has 0 aliphatic carbocycles. The first-order valence-corrected chi connectivity index (χ1v) is 7.06. The predicted molar refractivity (Wildman–Crippen MR) is 63.4 cm³/mol. The number of carbonyl (C=O) groups excluding carboxylic acids is 1. The van der Waals surface area contributed by atoms with Crippen LogP contribution >= 0.6 is 0 Å². The fourth-order valence-electron chi connectivity index (χ4n) is 1.30. The third kappa shape index (κ3) is 3.19. The van der Waals surface area contributed by atoms with Gasteiger partial charge in [-0.2, -0.15) is 0 Å². The van der Waals surface area contributed by atoms with E-state index in [4.69, 9.17) is 5.73 Å². The van der Waals surface area contributed by atoms with Crippen LogP contribution in [-0.4, -0.2) is 42.2 Å². The number of rotatable bonds is 6. The molecule has 1 heterocycles. The minimum Gasteiger partial charge on any atom is -0.469 e. The van der Waals surface area contributed by atoms with Crippen molar-refractivity contribution in [3.05, 3.63) is 0 Å². The molecule has 102 valence electrons. The number of hydrogen-bond donors (Lipinski definition) is 1. The Bertz CT molecular complexity index is 523. The molecule has 9 heteroatoms. The third-order valence-electron chi connectivity index (χ3n) is 2.39. The van der Waals surface area contributed by atoms with Crippen molar-refractivity contribution >= 4 is 21.6 Å². The summed E-state index contributed by atoms with van der Waals surface area (Å²) in [6, 6.07) is 0. The molecule has 0 saturated carbocycles. The number of hydrogen-bond acceptors (Lipinski definition) is 7. The second-order valence-electron chi connectivity index (χ2n) is 3.59. The Balaban J connectivity index is 2.73. The minimum absolute atomic E-state index is 0.00159. The molecule has 0 unspecified atom stereocenters. The van der Waals surface area contributed by atoms with Crippen molar-refractivity contribution in [3.63, 3.8) is 0 Å². The summed E-state index contributed by atoms with van der Waals surface area (Å²) in [4.78, 5) is 10.9. The largest absolute Gasteiger partial charge is 0.469 e. The van der Waals surface area contributed by atoms with Crippen molar-refractivity contribution in [2.45, 2.75) is 31.3 Å². The monoisotopic (exact) mass is 276 g/mol. The molecule has 18 heavy (non-hydrogen) atoms. The summed E-state index contributed by atoms with van der Waals surface area (Å²) in [6.45, 7) is 1.82. The van der Waals surface area contributed by atoms with E-state index in [0.717, 1.165) is 0 Å². The quantitative estimate of drug-likeness (QED) is 0.703. The van der Waals surface area contributed by atoms with Crippen LogP contribution in [0.2, 0.25) is 0 Å². The van der Waals surface area contributed by atoms with Crippen molar-refractivity contribution in [1.82, 2.24) is 15.0 Å². The Morgan fingerprint density at radius 1 is 1.50 bits per heavy atom. The van der Waals surface area contributed by atoms with Gasteiger partial charge in [-0.25, -0.2) is 13.1 Å². The highest BCUT2D eigenvalue weighted by atomic mass is 32.2. The lowest BCUT2D eigenvalue weighted by Crippen LogP contribution is -2.10. The van der Waals surface area contributed by atoms with Crippen molar-refractivity contribution in [2.24, 2.45) is 0 Å². The second kappa shape index (κ2) is 5.80. The van der Waals surface area contributed by atoms with E-state index in [1.165, 1.54) is 18.7 Å². The number of esters is 1. The van der Waals surface area contributed by atoms with E-state index in [0.29, 0.717) is 13.0 Å². The van der Waals surface area contributed by atoms with Crippen LogP contribution in [0, 0.1) is 0 Å². The number of nitrogens with zero attached hydrogens (tertiary/aromatic N) is 3. The van der Waals surface area contributed by atoms with Crippen LogP contribution in [0.4, 0.5) is 5.82 Å². The molecule has 1 aromatic rings. The molecular weight excluding hydrogens is 260 g/mol. The lowest BCUT2D eigenvalue weighted by atomic mass is 10.3. The van der Waals surface area contributed by atoms with E-state index in [9.17, 15) is 13.2 Å². The maximum absolute atomic E-state index is 11.6.